The van der Waals surface area contributed by atoms with Crippen molar-refractivity contribution in [3.8, 4) is 0 Å². The lowest BCUT2D eigenvalue weighted by Crippen LogP contribution is -2.29. The highest BCUT2D eigenvalue weighted by Gasteiger charge is 2.33. The maximum Gasteiger partial charge on any atom is 0.311 e. The molecule has 2 nitrogen and oxygen atoms in total. The predicted octanol–water partition coefficient (Wildman–Crippen LogP) is 3.90. The van der Waals surface area contributed by atoms with Gasteiger partial charge in [0.05, 0.1) is 5.41 Å². The van der Waals surface area contributed by atoms with Crippen molar-refractivity contribution < 1.29 is 9.53 Å². The molecule has 0 bridgehead atoms. The largest absolute Gasteiger partial charge is 0.457 e. The van der Waals surface area contributed by atoms with Crippen LogP contribution < -0.4 is 0 Å². The second-order valence-electron chi connectivity index (χ2n) is 6.29. The van der Waals surface area contributed by atoms with E-state index in [2.05, 4.69) is 25.1 Å². The van der Waals surface area contributed by atoms with Crippen LogP contribution in [0.2, 0.25) is 0 Å². The number of carbonyl (C=O) groups excluding carboxylic acids is 1. The molecule has 0 aromatic heterocycles. The topological polar surface area (TPSA) is 26.3 Å². The molecule has 1 aliphatic rings. The van der Waals surface area contributed by atoms with Gasteiger partial charge >= 0.3 is 5.97 Å². The van der Waals surface area contributed by atoms with Gasteiger partial charge in [-0.3, -0.25) is 4.79 Å². The van der Waals surface area contributed by atoms with Crippen molar-refractivity contribution in [3.05, 3.63) is 35.4 Å². The zero-order valence-electron chi connectivity index (χ0n) is 11.7. The van der Waals surface area contributed by atoms with Crippen LogP contribution in [-0.2, 0) is 16.0 Å². The lowest BCUT2D eigenvalue weighted by Gasteiger charge is -2.32. The van der Waals surface area contributed by atoms with Crippen molar-refractivity contribution in [2.45, 2.75) is 46.6 Å². The molecule has 0 heterocycles. The molecule has 0 fully saturated rings. The van der Waals surface area contributed by atoms with Crippen LogP contribution in [0.1, 0.15) is 51.3 Å². The number of carbonyl (C=O) groups is 1. The Balaban J connectivity index is 2.25. The standard InChI is InChI=1S/C16H22O2/c1-11-9-10-12-7-5-6-8-13(12)14(11)18-15(17)16(2,3)4/h5-8,11,14H,9-10H2,1-4H3. The number of hydrogen-bond donors (Lipinski definition) is 0. The lowest BCUT2D eigenvalue weighted by molar-refractivity contribution is -0.162. The summed E-state index contributed by atoms with van der Waals surface area (Å²) in [5.74, 6) is 0.280. The summed E-state index contributed by atoms with van der Waals surface area (Å²) in [6, 6.07) is 8.30. The minimum atomic E-state index is -0.438. The summed E-state index contributed by atoms with van der Waals surface area (Å²) in [7, 11) is 0. The Labute approximate surface area is 109 Å². The van der Waals surface area contributed by atoms with Crippen LogP contribution in [0.5, 0.6) is 0 Å². The maximum absolute atomic E-state index is 12.1. The normalized spacial score (nSPS) is 23.3. The maximum atomic E-state index is 12.1. The Hall–Kier alpha value is -1.31. The molecule has 0 spiro atoms. The minimum Gasteiger partial charge on any atom is -0.457 e. The van der Waals surface area contributed by atoms with E-state index in [-0.39, 0.29) is 12.1 Å². The monoisotopic (exact) mass is 246 g/mol. The van der Waals surface area contributed by atoms with Crippen LogP contribution in [0.25, 0.3) is 0 Å². The van der Waals surface area contributed by atoms with Crippen LogP contribution in [0.3, 0.4) is 0 Å². The fraction of sp³-hybridized carbons (Fsp3) is 0.562. The summed E-state index contributed by atoms with van der Waals surface area (Å²) in [5.41, 5.74) is 2.07. The number of hydrogen-bond acceptors (Lipinski definition) is 2. The van der Waals surface area contributed by atoms with E-state index >= 15 is 0 Å². The SMILES string of the molecule is CC1CCc2ccccc2C1OC(=O)C(C)(C)C. The van der Waals surface area contributed by atoms with E-state index in [1.807, 2.05) is 26.8 Å². The second kappa shape index (κ2) is 4.75. The summed E-state index contributed by atoms with van der Waals surface area (Å²) >= 11 is 0. The third-order valence-electron chi connectivity index (χ3n) is 3.59. The van der Waals surface area contributed by atoms with E-state index in [0.29, 0.717) is 5.92 Å². The van der Waals surface area contributed by atoms with Gasteiger partial charge in [-0.15, -0.1) is 0 Å². The fourth-order valence-electron chi connectivity index (χ4n) is 2.35. The van der Waals surface area contributed by atoms with Crippen molar-refractivity contribution in [1.82, 2.24) is 0 Å². The second-order valence-corrected chi connectivity index (χ2v) is 6.29. The third kappa shape index (κ3) is 2.58. The number of ether oxygens (including phenoxy) is 1. The van der Waals surface area contributed by atoms with E-state index < -0.39 is 5.41 Å². The fourth-order valence-corrected chi connectivity index (χ4v) is 2.35. The van der Waals surface area contributed by atoms with Crippen LogP contribution in [0.15, 0.2) is 24.3 Å². The average Bonchev–Trinajstić information content (AvgIpc) is 2.31. The Kier molecular flexibility index (Phi) is 3.47. The number of fused-ring (bicyclic) bond motifs is 1. The summed E-state index contributed by atoms with van der Waals surface area (Å²) in [6.07, 6.45) is 2.08. The molecule has 2 unspecified atom stereocenters. The number of aryl methyl sites for hydroxylation is 1. The molecular formula is C16H22O2. The first kappa shape index (κ1) is 13.1. The highest BCUT2D eigenvalue weighted by molar-refractivity contribution is 5.75. The molecule has 98 valence electrons. The Bertz CT molecular complexity index is 443. The Morgan fingerprint density at radius 1 is 1.28 bits per heavy atom. The molecule has 0 aliphatic heterocycles. The van der Waals surface area contributed by atoms with Gasteiger partial charge in [0.1, 0.15) is 6.10 Å². The van der Waals surface area contributed by atoms with Crippen LogP contribution in [0.4, 0.5) is 0 Å². The van der Waals surface area contributed by atoms with Crippen molar-refractivity contribution in [2.24, 2.45) is 11.3 Å². The van der Waals surface area contributed by atoms with Gasteiger partial charge in [0.25, 0.3) is 0 Å². The van der Waals surface area contributed by atoms with E-state index in [1.165, 1.54) is 11.1 Å². The van der Waals surface area contributed by atoms with Gasteiger partial charge in [0, 0.05) is 0 Å². The molecule has 1 aromatic rings. The van der Waals surface area contributed by atoms with E-state index in [1.54, 1.807) is 0 Å². The van der Waals surface area contributed by atoms with Crippen molar-refractivity contribution in [2.75, 3.05) is 0 Å². The molecular weight excluding hydrogens is 224 g/mol. The molecule has 2 heteroatoms. The first-order valence-corrected chi connectivity index (χ1v) is 6.68. The van der Waals surface area contributed by atoms with E-state index in [0.717, 1.165) is 12.8 Å². The highest BCUT2D eigenvalue weighted by Crippen LogP contribution is 2.38. The quantitative estimate of drug-likeness (QED) is 0.702. The summed E-state index contributed by atoms with van der Waals surface area (Å²) in [5, 5.41) is 0. The summed E-state index contributed by atoms with van der Waals surface area (Å²) in [6.45, 7) is 7.86. The molecule has 1 aliphatic carbocycles. The molecule has 18 heavy (non-hydrogen) atoms. The van der Waals surface area contributed by atoms with Gasteiger partial charge in [-0.2, -0.15) is 0 Å². The van der Waals surface area contributed by atoms with Gasteiger partial charge in [-0.1, -0.05) is 31.2 Å². The van der Waals surface area contributed by atoms with Crippen LogP contribution >= 0.6 is 0 Å². The molecule has 0 amide bonds. The van der Waals surface area contributed by atoms with Gasteiger partial charge < -0.3 is 4.74 Å². The van der Waals surface area contributed by atoms with Crippen molar-refractivity contribution >= 4 is 5.97 Å². The molecule has 2 atom stereocenters. The smallest absolute Gasteiger partial charge is 0.311 e. The van der Waals surface area contributed by atoms with Crippen molar-refractivity contribution in [1.29, 1.82) is 0 Å². The lowest BCUT2D eigenvalue weighted by atomic mass is 9.82. The zero-order chi connectivity index (χ0) is 13.3. The minimum absolute atomic E-state index is 0.0818. The molecule has 0 radical (unpaired) electrons. The number of esters is 1. The zero-order valence-corrected chi connectivity index (χ0v) is 11.7. The number of benzene rings is 1. The first-order valence-electron chi connectivity index (χ1n) is 6.68. The third-order valence-corrected chi connectivity index (χ3v) is 3.59. The van der Waals surface area contributed by atoms with E-state index in [4.69, 9.17) is 4.74 Å². The predicted molar refractivity (Wildman–Crippen MR) is 72.2 cm³/mol. The van der Waals surface area contributed by atoms with Crippen molar-refractivity contribution in [3.63, 3.8) is 0 Å². The van der Waals surface area contributed by atoms with E-state index in [9.17, 15) is 4.79 Å². The Morgan fingerprint density at radius 3 is 2.61 bits per heavy atom. The molecule has 0 saturated carbocycles. The van der Waals surface area contributed by atoms with Gasteiger partial charge in [0.2, 0.25) is 0 Å². The van der Waals surface area contributed by atoms with Gasteiger partial charge in [-0.25, -0.2) is 0 Å². The average molecular weight is 246 g/mol. The van der Waals surface area contributed by atoms with Crippen LogP contribution in [-0.4, -0.2) is 5.97 Å². The first-order chi connectivity index (χ1) is 8.39. The summed E-state index contributed by atoms with van der Waals surface area (Å²) < 4.78 is 5.76. The number of rotatable bonds is 1. The Morgan fingerprint density at radius 2 is 1.94 bits per heavy atom. The van der Waals surface area contributed by atoms with Gasteiger partial charge in [0.15, 0.2) is 0 Å². The summed E-state index contributed by atoms with van der Waals surface area (Å²) in [4.78, 5) is 12.1. The van der Waals surface area contributed by atoms with Crippen LogP contribution in [0, 0.1) is 11.3 Å². The molecule has 2 rings (SSSR count). The van der Waals surface area contributed by atoms with Gasteiger partial charge in [-0.05, 0) is 50.7 Å². The molecule has 0 N–H and O–H groups in total. The highest BCUT2D eigenvalue weighted by atomic mass is 16.5. The molecule has 1 aromatic carbocycles. The molecule has 0 saturated heterocycles.